The Balaban J connectivity index is 1.32. The van der Waals surface area contributed by atoms with E-state index in [1.165, 1.54) is 5.57 Å². The normalized spacial score (nSPS) is 18.0. The van der Waals surface area contributed by atoms with E-state index in [2.05, 4.69) is 6.08 Å². The molecule has 0 spiro atoms. The zero-order valence-corrected chi connectivity index (χ0v) is 25.8. The zero-order chi connectivity index (χ0) is 30.3. The first-order valence-electron chi connectivity index (χ1n) is 15.0. The average molecular weight is 591 g/mol. The molecule has 232 valence electrons. The molecular formula is C36H46O7. The molecule has 7 nitrogen and oxygen atoms in total. The van der Waals surface area contributed by atoms with Crippen molar-refractivity contribution in [1.29, 1.82) is 0 Å². The molecule has 4 rings (SSSR count). The summed E-state index contributed by atoms with van der Waals surface area (Å²) >= 11 is 0. The lowest BCUT2D eigenvalue weighted by Gasteiger charge is -2.22. The Kier molecular flexibility index (Phi) is 12.9. The van der Waals surface area contributed by atoms with Gasteiger partial charge in [-0.05, 0) is 90.1 Å². The van der Waals surface area contributed by atoms with Gasteiger partial charge in [0, 0.05) is 13.2 Å². The van der Waals surface area contributed by atoms with Crippen LogP contribution in [-0.4, -0.2) is 52.9 Å². The van der Waals surface area contributed by atoms with E-state index in [0.29, 0.717) is 39.6 Å². The highest BCUT2D eigenvalue weighted by Crippen LogP contribution is 2.61. The van der Waals surface area contributed by atoms with Crippen LogP contribution in [0.2, 0.25) is 0 Å². The molecule has 43 heavy (non-hydrogen) atoms. The molecule has 1 N–H and O–H groups in total. The lowest BCUT2D eigenvalue weighted by molar-refractivity contribution is 0.0984. The van der Waals surface area contributed by atoms with Crippen molar-refractivity contribution >= 4 is 0 Å². The van der Waals surface area contributed by atoms with E-state index in [4.69, 9.17) is 28.4 Å². The highest BCUT2D eigenvalue weighted by molar-refractivity contribution is 5.29. The van der Waals surface area contributed by atoms with Crippen molar-refractivity contribution in [2.24, 2.45) is 11.3 Å². The molecule has 0 heterocycles. The van der Waals surface area contributed by atoms with Crippen LogP contribution in [0.3, 0.4) is 0 Å². The average Bonchev–Trinajstić information content (AvgIpc) is 3.78. The molecule has 3 aromatic rings. The van der Waals surface area contributed by atoms with Gasteiger partial charge in [-0.3, -0.25) is 0 Å². The number of methoxy groups -OCH3 is 3. The number of aliphatic hydroxyl groups is 1. The van der Waals surface area contributed by atoms with Gasteiger partial charge in [-0.1, -0.05) is 48.0 Å². The van der Waals surface area contributed by atoms with E-state index in [9.17, 15) is 5.11 Å². The van der Waals surface area contributed by atoms with Gasteiger partial charge in [-0.15, -0.1) is 0 Å². The van der Waals surface area contributed by atoms with Gasteiger partial charge in [0.25, 0.3) is 0 Å². The Hall–Kier alpha value is -3.36. The summed E-state index contributed by atoms with van der Waals surface area (Å²) in [5, 5.41) is 10.2. The molecule has 2 unspecified atom stereocenters. The van der Waals surface area contributed by atoms with Gasteiger partial charge in [-0.2, -0.15) is 0 Å². The monoisotopic (exact) mass is 590 g/mol. The van der Waals surface area contributed by atoms with Gasteiger partial charge in [-0.25, -0.2) is 0 Å². The topological polar surface area (TPSA) is 75.6 Å². The van der Waals surface area contributed by atoms with Crippen molar-refractivity contribution in [2.75, 3.05) is 47.8 Å². The third kappa shape index (κ3) is 9.83. The van der Waals surface area contributed by atoms with Gasteiger partial charge in [0.05, 0.1) is 54.4 Å². The molecule has 0 aromatic heterocycles. The fourth-order valence-electron chi connectivity index (χ4n) is 5.52. The molecule has 0 bridgehead atoms. The second-order valence-electron chi connectivity index (χ2n) is 11.0. The van der Waals surface area contributed by atoms with Crippen LogP contribution in [0.5, 0.6) is 17.2 Å². The van der Waals surface area contributed by atoms with Crippen molar-refractivity contribution in [2.45, 2.75) is 45.5 Å². The molecule has 0 saturated heterocycles. The van der Waals surface area contributed by atoms with Crippen molar-refractivity contribution in [3.05, 3.63) is 101 Å². The summed E-state index contributed by atoms with van der Waals surface area (Å²) in [6.45, 7) is 3.68. The largest absolute Gasteiger partial charge is 0.497 e. The van der Waals surface area contributed by atoms with E-state index in [1.54, 1.807) is 21.3 Å². The van der Waals surface area contributed by atoms with Crippen LogP contribution < -0.4 is 14.2 Å². The maximum atomic E-state index is 10.2. The highest BCUT2D eigenvalue weighted by Gasteiger charge is 2.54. The van der Waals surface area contributed by atoms with Crippen LogP contribution in [0.1, 0.15) is 42.4 Å². The van der Waals surface area contributed by atoms with E-state index >= 15 is 0 Å². The predicted octanol–water partition coefficient (Wildman–Crippen LogP) is 6.76. The molecule has 1 aliphatic carbocycles. The summed E-state index contributed by atoms with van der Waals surface area (Å²) in [7, 11) is 5.00. The Labute approximate surface area is 256 Å². The summed E-state index contributed by atoms with van der Waals surface area (Å²) in [6, 6.07) is 23.9. The maximum Gasteiger partial charge on any atom is 0.118 e. The van der Waals surface area contributed by atoms with Gasteiger partial charge in [0.15, 0.2) is 0 Å². The standard InChI is InChI=1S/C36H46O7/c1-38-33-12-6-28(7-13-33)25-41-20-4-5-31(18-21-42-26-29-8-14-34(39-2)15-9-29)36(23-32(36)24-37)19-22-43-27-30-10-16-35(40-3)17-11-30/h5-17,32,37H,4,18-27H2,1-3H3/b31-5+. The van der Waals surface area contributed by atoms with Gasteiger partial charge in [0.2, 0.25) is 0 Å². The van der Waals surface area contributed by atoms with Gasteiger partial charge >= 0.3 is 0 Å². The molecule has 7 heteroatoms. The predicted molar refractivity (Wildman–Crippen MR) is 168 cm³/mol. The van der Waals surface area contributed by atoms with Crippen LogP contribution in [0.4, 0.5) is 0 Å². The Morgan fingerprint density at radius 1 is 0.674 bits per heavy atom. The van der Waals surface area contributed by atoms with Crippen molar-refractivity contribution in [3.8, 4) is 17.2 Å². The molecule has 1 aliphatic rings. The van der Waals surface area contributed by atoms with E-state index in [-0.39, 0.29) is 17.9 Å². The number of aliphatic hydroxyl groups excluding tert-OH is 1. The first-order chi connectivity index (χ1) is 21.1. The molecule has 0 aliphatic heterocycles. The molecule has 1 fully saturated rings. The maximum absolute atomic E-state index is 10.2. The van der Waals surface area contributed by atoms with Crippen LogP contribution >= 0.6 is 0 Å². The van der Waals surface area contributed by atoms with Gasteiger partial charge < -0.3 is 33.5 Å². The van der Waals surface area contributed by atoms with Crippen LogP contribution in [-0.2, 0) is 34.0 Å². The Morgan fingerprint density at radius 2 is 1.12 bits per heavy atom. The smallest absolute Gasteiger partial charge is 0.118 e. The first-order valence-corrected chi connectivity index (χ1v) is 15.0. The SMILES string of the molecule is COc1ccc(COCC/C=C(\CCOCc2ccc(OC)cc2)C2(CCOCc3ccc(OC)cc3)CC2CO)cc1. The zero-order valence-electron chi connectivity index (χ0n) is 25.8. The molecule has 1 saturated carbocycles. The number of hydrogen-bond acceptors (Lipinski definition) is 7. The lowest BCUT2D eigenvalue weighted by atomic mass is 9.87. The summed E-state index contributed by atoms with van der Waals surface area (Å²) in [4.78, 5) is 0. The minimum atomic E-state index is -0.0614. The summed E-state index contributed by atoms with van der Waals surface area (Å²) in [5.41, 5.74) is 4.61. The van der Waals surface area contributed by atoms with E-state index in [1.807, 2.05) is 72.8 Å². The minimum absolute atomic E-state index is 0.0614. The quantitative estimate of drug-likeness (QED) is 0.115. The fourth-order valence-corrected chi connectivity index (χ4v) is 5.52. The second kappa shape index (κ2) is 17.1. The Morgan fingerprint density at radius 3 is 1.53 bits per heavy atom. The van der Waals surface area contributed by atoms with E-state index < -0.39 is 0 Å². The lowest BCUT2D eigenvalue weighted by Crippen LogP contribution is -2.16. The molecular weight excluding hydrogens is 544 g/mol. The number of hydrogen-bond donors (Lipinski definition) is 1. The van der Waals surface area contributed by atoms with Crippen LogP contribution in [0.25, 0.3) is 0 Å². The molecule has 0 radical (unpaired) electrons. The van der Waals surface area contributed by atoms with Crippen LogP contribution in [0.15, 0.2) is 84.4 Å². The first kappa shape index (κ1) is 32.6. The van der Waals surface area contributed by atoms with Crippen molar-refractivity contribution < 1.29 is 33.5 Å². The second-order valence-corrected chi connectivity index (χ2v) is 11.0. The van der Waals surface area contributed by atoms with Gasteiger partial charge in [0.1, 0.15) is 17.2 Å². The van der Waals surface area contributed by atoms with Crippen molar-refractivity contribution in [1.82, 2.24) is 0 Å². The molecule has 2 atom stereocenters. The third-order valence-electron chi connectivity index (χ3n) is 8.24. The molecule has 0 amide bonds. The summed E-state index contributed by atoms with van der Waals surface area (Å²) < 4.78 is 33.9. The number of ether oxygens (including phenoxy) is 6. The minimum Gasteiger partial charge on any atom is -0.497 e. The fraction of sp³-hybridized carbons (Fsp3) is 0.444. The van der Waals surface area contributed by atoms with Crippen LogP contribution in [0, 0.1) is 11.3 Å². The summed E-state index contributed by atoms with van der Waals surface area (Å²) in [6.07, 6.45) is 5.75. The summed E-state index contributed by atoms with van der Waals surface area (Å²) in [5.74, 6) is 2.75. The molecule has 3 aromatic carbocycles. The van der Waals surface area contributed by atoms with E-state index in [0.717, 1.165) is 59.6 Å². The number of rotatable bonds is 20. The third-order valence-corrected chi connectivity index (χ3v) is 8.24. The Bertz CT molecular complexity index is 1240. The number of benzene rings is 3. The highest BCUT2D eigenvalue weighted by atomic mass is 16.5. The van der Waals surface area contributed by atoms with Crippen molar-refractivity contribution in [3.63, 3.8) is 0 Å².